The molecule has 2 aliphatic rings. The molecule has 0 atom stereocenters. The van der Waals surface area contributed by atoms with Crippen molar-refractivity contribution in [1.82, 2.24) is 34.9 Å². The van der Waals surface area contributed by atoms with Crippen molar-refractivity contribution in [3.05, 3.63) is 52.0 Å². The number of fused-ring (bicyclic) bond motifs is 2. The van der Waals surface area contributed by atoms with Crippen molar-refractivity contribution in [2.45, 2.75) is 32.5 Å². The Morgan fingerprint density at radius 2 is 2.09 bits per heavy atom. The molecular weight excluding hydrogens is 434 g/mol. The minimum atomic E-state index is 0.313. The molecule has 1 fully saturated rings. The van der Waals surface area contributed by atoms with Gasteiger partial charge < -0.3 is 14.0 Å². The molecule has 0 unspecified atom stereocenters. The lowest BCUT2D eigenvalue weighted by atomic mass is 10.0. The van der Waals surface area contributed by atoms with Gasteiger partial charge >= 0.3 is 0 Å². The third kappa shape index (κ3) is 3.40. The number of aromatic nitrogens is 6. The summed E-state index contributed by atoms with van der Waals surface area (Å²) in [6.07, 6.45) is 0.936. The van der Waals surface area contributed by atoms with Crippen molar-refractivity contribution in [3.63, 3.8) is 0 Å². The highest BCUT2D eigenvalue weighted by atomic mass is 35.5. The number of rotatable bonds is 5. The zero-order chi connectivity index (χ0) is 21.7. The molecule has 164 valence electrons. The molecule has 0 amide bonds. The van der Waals surface area contributed by atoms with Crippen molar-refractivity contribution in [3.8, 4) is 17.4 Å². The van der Waals surface area contributed by atoms with E-state index in [4.69, 9.17) is 30.6 Å². The highest BCUT2D eigenvalue weighted by Crippen LogP contribution is 2.28. The van der Waals surface area contributed by atoms with Crippen molar-refractivity contribution in [1.29, 1.82) is 0 Å². The van der Waals surface area contributed by atoms with E-state index in [1.165, 1.54) is 10.1 Å². The molecule has 2 aliphatic heterocycles. The number of ether oxygens (including phenoxy) is 2. The van der Waals surface area contributed by atoms with Crippen LogP contribution in [0.5, 0.6) is 5.88 Å². The van der Waals surface area contributed by atoms with Crippen LogP contribution in [0.3, 0.4) is 0 Å². The smallest absolute Gasteiger partial charge is 0.232 e. The van der Waals surface area contributed by atoms with E-state index in [9.17, 15) is 0 Å². The van der Waals surface area contributed by atoms with Crippen molar-refractivity contribution in [2.75, 3.05) is 19.8 Å². The van der Waals surface area contributed by atoms with Gasteiger partial charge in [-0.1, -0.05) is 22.8 Å². The predicted molar refractivity (Wildman–Crippen MR) is 113 cm³/mol. The average molecular weight is 454 g/mol. The Morgan fingerprint density at radius 3 is 2.88 bits per heavy atom. The molecule has 4 aromatic heterocycles. The Kier molecular flexibility index (Phi) is 4.78. The number of halogens is 1. The number of hydrogen-bond donors (Lipinski definition) is 0. The predicted octanol–water partition coefficient (Wildman–Crippen LogP) is 2.47. The fraction of sp³-hybridized carbons (Fsp3) is 0.381. The molecule has 0 saturated carbocycles. The van der Waals surface area contributed by atoms with E-state index in [-0.39, 0.29) is 0 Å². The van der Waals surface area contributed by atoms with E-state index >= 15 is 0 Å². The maximum Gasteiger partial charge on any atom is 0.232 e. The van der Waals surface area contributed by atoms with Crippen LogP contribution in [0.25, 0.3) is 17.2 Å². The minimum Gasteiger partial charge on any atom is -0.470 e. The summed E-state index contributed by atoms with van der Waals surface area (Å²) in [6, 6.07) is 8.24. The van der Waals surface area contributed by atoms with Crippen molar-refractivity contribution >= 4 is 17.2 Å². The second kappa shape index (κ2) is 7.80. The lowest BCUT2D eigenvalue weighted by Crippen LogP contribution is -2.50. The molecular formula is C21H20ClN7O3. The second-order valence-electron chi connectivity index (χ2n) is 7.98. The molecule has 6 heterocycles. The van der Waals surface area contributed by atoms with Gasteiger partial charge in [0, 0.05) is 31.3 Å². The normalized spacial score (nSPS) is 16.8. The summed E-state index contributed by atoms with van der Waals surface area (Å²) >= 11 is 6.26. The first-order chi connectivity index (χ1) is 15.7. The number of hydrogen-bond acceptors (Lipinski definition) is 9. The largest absolute Gasteiger partial charge is 0.470 e. The summed E-state index contributed by atoms with van der Waals surface area (Å²) in [4.78, 5) is 7.29. The average Bonchev–Trinajstić information content (AvgIpc) is 3.33. The Labute approximate surface area is 188 Å². The molecule has 6 rings (SSSR count). The SMILES string of the molecule is Cc1onc(-c2nnc3ccc(OCc4ccc5c(n4)CCN(C4COC4)C5)nn23)c1Cl. The van der Waals surface area contributed by atoms with Gasteiger partial charge in [0.15, 0.2) is 17.1 Å². The zero-order valence-corrected chi connectivity index (χ0v) is 18.1. The fourth-order valence-corrected chi connectivity index (χ4v) is 4.11. The summed E-state index contributed by atoms with van der Waals surface area (Å²) in [6.45, 7) is 5.65. The maximum atomic E-state index is 6.26. The summed E-state index contributed by atoms with van der Waals surface area (Å²) < 4.78 is 17.9. The first-order valence-electron chi connectivity index (χ1n) is 10.4. The highest BCUT2D eigenvalue weighted by Gasteiger charge is 2.29. The summed E-state index contributed by atoms with van der Waals surface area (Å²) in [5, 5.41) is 17.1. The van der Waals surface area contributed by atoms with Gasteiger partial charge in [-0.25, -0.2) is 0 Å². The third-order valence-corrected chi connectivity index (χ3v) is 6.33. The van der Waals surface area contributed by atoms with Crippen LogP contribution >= 0.6 is 11.6 Å². The summed E-state index contributed by atoms with van der Waals surface area (Å²) in [5.41, 5.74) is 4.23. The number of aryl methyl sites for hydroxylation is 1. The van der Waals surface area contributed by atoms with Crippen LogP contribution in [0.4, 0.5) is 0 Å². The second-order valence-corrected chi connectivity index (χ2v) is 8.35. The molecule has 4 aromatic rings. The Bertz CT molecular complexity index is 1300. The molecule has 0 spiro atoms. The van der Waals surface area contributed by atoms with E-state index < -0.39 is 0 Å². The third-order valence-electron chi connectivity index (χ3n) is 5.88. The molecule has 0 aliphatic carbocycles. The van der Waals surface area contributed by atoms with Crippen LogP contribution in [0, 0.1) is 6.92 Å². The van der Waals surface area contributed by atoms with Gasteiger partial charge in [0.25, 0.3) is 0 Å². The molecule has 10 nitrogen and oxygen atoms in total. The van der Waals surface area contributed by atoms with E-state index in [1.54, 1.807) is 19.1 Å². The molecule has 0 bridgehead atoms. The molecule has 0 aromatic carbocycles. The minimum absolute atomic E-state index is 0.313. The van der Waals surface area contributed by atoms with Gasteiger partial charge in [-0.05, 0) is 24.6 Å². The Hall–Kier alpha value is -3.08. The van der Waals surface area contributed by atoms with Gasteiger partial charge in [-0.15, -0.1) is 15.3 Å². The van der Waals surface area contributed by atoms with Gasteiger partial charge in [0.05, 0.1) is 24.9 Å². The molecule has 0 radical (unpaired) electrons. The van der Waals surface area contributed by atoms with Crippen LogP contribution in [0.1, 0.15) is 22.7 Å². The van der Waals surface area contributed by atoms with E-state index in [0.29, 0.717) is 46.5 Å². The number of pyridine rings is 1. The Balaban J connectivity index is 1.19. The van der Waals surface area contributed by atoms with Crippen molar-refractivity contribution < 1.29 is 14.0 Å². The van der Waals surface area contributed by atoms with Crippen LogP contribution in [-0.4, -0.2) is 60.7 Å². The molecule has 11 heteroatoms. The summed E-state index contributed by atoms with van der Waals surface area (Å²) in [7, 11) is 0. The quantitative estimate of drug-likeness (QED) is 0.450. The first-order valence-corrected chi connectivity index (χ1v) is 10.8. The first kappa shape index (κ1) is 19.6. The Morgan fingerprint density at radius 1 is 1.19 bits per heavy atom. The van der Waals surface area contributed by atoms with Gasteiger partial charge in [0.1, 0.15) is 11.6 Å². The fourth-order valence-electron chi connectivity index (χ4n) is 3.95. The molecule has 0 N–H and O–H groups in total. The topological polar surface area (TPSA) is 104 Å². The van der Waals surface area contributed by atoms with Crippen LogP contribution in [-0.2, 0) is 24.3 Å². The van der Waals surface area contributed by atoms with Crippen molar-refractivity contribution in [2.24, 2.45) is 0 Å². The van der Waals surface area contributed by atoms with E-state index in [1.807, 2.05) is 6.07 Å². The van der Waals surface area contributed by atoms with E-state index in [2.05, 4.69) is 31.4 Å². The van der Waals surface area contributed by atoms with Gasteiger partial charge in [-0.3, -0.25) is 9.88 Å². The lowest BCUT2D eigenvalue weighted by Gasteiger charge is -2.39. The lowest BCUT2D eigenvalue weighted by molar-refractivity contribution is -0.0696. The summed E-state index contributed by atoms with van der Waals surface area (Å²) in [5.74, 6) is 1.32. The number of nitrogens with zero attached hydrogens (tertiary/aromatic N) is 7. The van der Waals surface area contributed by atoms with Crippen LogP contribution < -0.4 is 4.74 Å². The maximum absolute atomic E-state index is 6.26. The van der Waals surface area contributed by atoms with Crippen LogP contribution in [0.15, 0.2) is 28.8 Å². The molecule has 32 heavy (non-hydrogen) atoms. The highest BCUT2D eigenvalue weighted by molar-refractivity contribution is 6.33. The molecule has 1 saturated heterocycles. The van der Waals surface area contributed by atoms with E-state index in [0.717, 1.165) is 44.1 Å². The van der Waals surface area contributed by atoms with Crippen LogP contribution in [0.2, 0.25) is 5.02 Å². The zero-order valence-electron chi connectivity index (χ0n) is 17.4. The monoisotopic (exact) mass is 453 g/mol. The van der Waals surface area contributed by atoms with Gasteiger partial charge in [0.2, 0.25) is 11.7 Å². The standard InChI is InChI=1S/C21H20ClN7O3/c1-12-19(22)20(27-32-12)21-25-24-17-4-5-18(26-29(17)21)31-9-14-3-2-13-8-28(15-10-30-11-15)7-6-16(13)23-14/h2-5,15H,6-11H2,1H3. The van der Waals surface area contributed by atoms with Gasteiger partial charge in [-0.2, -0.15) is 4.52 Å².